The third-order valence-electron chi connectivity index (χ3n) is 2.59. The van der Waals surface area contributed by atoms with Gasteiger partial charge in [0, 0.05) is 16.0 Å². The van der Waals surface area contributed by atoms with Gasteiger partial charge in [0.05, 0.1) is 16.8 Å². The van der Waals surface area contributed by atoms with Crippen LogP contribution in [0, 0.1) is 6.92 Å². The Morgan fingerprint density at radius 3 is 2.70 bits per heavy atom. The molecule has 20 heavy (non-hydrogen) atoms. The number of aryl methyl sites for hydroxylation is 1. The topological polar surface area (TPSA) is 50.2 Å². The fraction of sp³-hybridized carbons (Fsp3) is 0.231. The Bertz CT molecular complexity index is 670. The zero-order valence-corrected chi connectivity index (χ0v) is 11.2. The largest absolute Gasteiger partial charge is 0.481 e. The third kappa shape index (κ3) is 3.04. The molecule has 2 rings (SSSR count). The van der Waals surface area contributed by atoms with Gasteiger partial charge >= 0.3 is 12.1 Å². The van der Waals surface area contributed by atoms with Gasteiger partial charge in [-0.1, -0.05) is 12.1 Å². The van der Waals surface area contributed by atoms with Crippen molar-refractivity contribution in [3.05, 3.63) is 35.5 Å². The number of carboxylic acids is 1. The van der Waals surface area contributed by atoms with Crippen LogP contribution in [-0.2, 0) is 11.0 Å². The summed E-state index contributed by atoms with van der Waals surface area (Å²) in [6.07, 6.45) is -4.49. The predicted octanol–water partition coefficient (Wildman–Crippen LogP) is 3.74. The fourth-order valence-electron chi connectivity index (χ4n) is 1.83. The van der Waals surface area contributed by atoms with Crippen molar-refractivity contribution < 1.29 is 23.1 Å². The normalized spacial score (nSPS) is 11.8. The average molecular weight is 301 g/mol. The van der Waals surface area contributed by atoms with E-state index in [0.717, 1.165) is 17.8 Å². The number of aliphatic carboxylic acids is 1. The van der Waals surface area contributed by atoms with Crippen molar-refractivity contribution in [2.75, 3.05) is 5.75 Å². The molecule has 0 saturated heterocycles. The first kappa shape index (κ1) is 14.6. The Balaban J connectivity index is 2.63. The lowest BCUT2D eigenvalue weighted by Crippen LogP contribution is -2.07. The van der Waals surface area contributed by atoms with Crippen LogP contribution < -0.4 is 0 Å². The van der Waals surface area contributed by atoms with Crippen molar-refractivity contribution in [3.63, 3.8) is 0 Å². The maximum Gasteiger partial charge on any atom is 0.418 e. The lowest BCUT2D eigenvalue weighted by Gasteiger charge is -2.12. The molecule has 1 heterocycles. The SMILES string of the molecule is Cc1cc(SCC(=O)O)c2cccc(C(F)(F)F)c2n1. The molecule has 2 aromatic rings. The van der Waals surface area contributed by atoms with E-state index in [1.165, 1.54) is 12.1 Å². The number of pyridine rings is 1. The molecule has 0 saturated carbocycles. The van der Waals surface area contributed by atoms with Gasteiger partial charge in [-0.15, -0.1) is 11.8 Å². The molecular weight excluding hydrogens is 291 g/mol. The summed E-state index contributed by atoms with van der Waals surface area (Å²) in [5, 5.41) is 9.00. The molecular formula is C13H10F3NO2S. The van der Waals surface area contributed by atoms with E-state index in [9.17, 15) is 18.0 Å². The number of carbonyl (C=O) groups is 1. The Hall–Kier alpha value is -1.76. The smallest absolute Gasteiger partial charge is 0.418 e. The minimum absolute atomic E-state index is 0.145. The minimum Gasteiger partial charge on any atom is -0.481 e. The number of fused-ring (bicyclic) bond motifs is 1. The van der Waals surface area contributed by atoms with Crippen LogP contribution in [0.3, 0.4) is 0 Å². The summed E-state index contributed by atoms with van der Waals surface area (Å²) in [5.41, 5.74) is -0.536. The molecule has 7 heteroatoms. The van der Waals surface area contributed by atoms with Gasteiger partial charge in [-0.05, 0) is 19.1 Å². The molecule has 0 unspecified atom stereocenters. The molecule has 106 valence electrons. The number of rotatable bonds is 3. The van der Waals surface area contributed by atoms with Crippen LogP contribution in [0.2, 0.25) is 0 Å². The molecule has 0 aliphatic heterocycles. The molecule has 1 aromatic heterocycles. The van der Waals surface area contributed by atoms with E-state index >= 15 is 0 Å². The van der Waals surface area contributed by atoms with Gasteiger partial charge in [-0.3, -0.25) is 9.78 Å². The van der Waals surface area contributed by atoms with Gasteiger partial charge in [0.1, 0.15) is 0 Å². The van der Waals surface area contributed by atoms with Crippen molar-refractivity contribution in [1.82, 2.24) is 4.98 Å². The minimum atomic E-state index is -4.49. The molecule has 0 fully saturated rings. The first-order chi connectivity index (χ1) is 9.29. The second-order valence-corrected chi connectivity index (χ2v) is 5.16. The second kappa shape index (κ2) is 5.32. The van der Waals surface area contributed by atoms with E-state index in [0.29, 0.717) is 16.0 Å². The number of nitrogens with zero attached hydrogens (tertiary/aromatic N) is 1. The molecule has 3 nitrogen and oxygen atoms in total. The van der Waals surface area contributed by atoms with Gasteiger partial charge in [-0.25, -0.2) is 0 Å². The highest BCUT2D eigenvalue weighted by Gasteiger charge is 2.33. The highest BCUT2D eigenvalue weighted by Crippen LogP contribution is 2.37. The molecule has 0 aliphatic carbocycles. The van der Waals surface area contributed by atoms with Gasteiger partial charge in [-0.2, -0.15) is 13.2 Å². The number of benzene rings is 1. The summed E-state index contributed by atoms with van der Waals surface area (Å²) >= 11 is 0.985. The molecule has 0 bridgehead atoms. The standard InChI is InChI=1S/C13H10F3NO2S/c1-7-5-10(20-6-11(18)19)8-3-2-4-9(12(8)17-7)13(14,15)16/h2-5H,6H2,1H3,(H,18,19). The Morgan fingerprint density at radius 1 is 1.40 bits per heavy atom. The van der Waals surface area contributed by atoms with Gasteiger partial charge in [0.2, 0.25) is 0 Å². The number of aromatic nitrogens is 1. The second-order valence-electron chi connectivity index (χ2n) is 4.14. The summed E-state index contributed by atoms with van der Waals surface area (Å²) in [6.45, 7) is 1.58. The van der Waals surface area contributed by atoms with Crippen LogP contribution in [0.4, 0.5) is 13.2 Å². The Morgan fingerprint density at radius 2 is 2.10 bits per heavy atom. The number of hydrogen-bond acceptors (Lipinski definition) is 3. The van der Waals surface area contributed by atoms with Gasteiger partial charge in [0.25, 0.3) is 0 Å². The summed E-state index contributed by atoms with van der Waals surface area (Å²) in [5.74, 6) is -1.24. The first-order valence-electron chi connectivity index (χ1n) is 5.61. The number of hydrogen-bond donors (Lipinski definition) is 1. The molecule has 0 atom stereocenters. The monoisotopic (exact) mass is 301 g/mol. The van der Waals surface area contributed by atoms with E-state index in [2.05, 4.69) is 4.98 Å². The lowest BCUT2D eigenvalue weighted by atomic mass is 10.1. The van der Waals surface area contributed by atoms with E-state index in [4.69, 9.17) is 5.11 Å². The highest BCUT2D eigenvalue weighted by atomic mass is 32.2. The molecule has 0 spiro atoms. The number of halogens is 3. The van der Waals surface area contributed by atoms with Crippen LogP contribution in [0.25, 0.3) is 10.9 Å². The molecule has 1 N–H and O–H groups in total. The van der Waals surface area contributed by atoms with Crippen LogP contribution in [0.15, 0.2) is 29.2 Å². The lowest BCUT2D eigenvalue weighted by molar-refractivity contribution is -0.136. The van der Waals surface area contributed by atoms with Crippen LogP contribution in [0.1, 0.15) is 11.3 Å². The van der Waals surface area contributed by atoms with Crippen LogP contribution in [-0.4, -0.2) is 21.8 Å². The van der Waals surface area contributed by atoms with Gasteiger partial charge < -0.3 is 5.11 Å². The number of para-hydroxylation sites is 1. The molecule has 0 amide bonds. The van der Waals surface area contributed by atoms with Crippen molar-refractivity contribution in [3.8, 4) is 0 Å². The van der Waals surface area contributed by atoms with Crippen molar-refractivity contribution >= 4 is 28.6 Å². The maximum atomic E-state index is 13.0. The Kier molecular flexibility index (Phi) is 3.89. The van der Waals surface area contributed by atoms with Crippen molar-refractivity contribution in [2.45, 2.75) is 18.0 Å². The quantitative estimate of drug-likeness (QED) is 0.877. The van der Waals surface area contributed by atoms with E-state index in [1.807, 2.05) is 0 Å². The van der Waals surface area contributed by atoms with E-state index in [1.54, 1.807) is 13.0 Å². The first-order valence-corrected chi connectivity index (χ1v) is 6.60. The summed E-state index contributed by atoms with van der Waals surface area (Å²) in [6, 6.07) is 5.38. The highest BCUT2D eigenvalue weighted by molar-refractivity contribution is 8.00. The summed E-state index contributed by atoms with van der Waals surface area (Å²) < 4.78 is 38.9. The molecule has 0 aliphatic rings. The van der Waals surface area contributed by atoms with Crippen LogP contribution >= 0.6 is 11.8 Å². The maximum absolute atomic E-state index is 13.0. The third-order valence-corrected chi connectivity index (χ3v) is 3.63. The van der Waals surface area contributed by atoms with E-state index < -0.39 is 17.7 Å². The van der Waals surface area contributed by atoms with Gasteiger partial charge in [0.15, 0.2) is 0 Å². The number of alkyl halides is 3. The zero-order chi connectivity index (χ0) is 14.9. The predicted molar refractivity (Wildman–Crippen MR) is 69.8 cm³/mol. The van der Waals surface area contributed by atoms with Crippen LogP contribution in [0.5, 0.6) is 0 Å². The number of carboxylic acid groups (broad SMARTS) is 1. The average Bonchev–Trinajstić information content (AvgIpc) is 2.33. The summed E-state index contributed by atoms with van der Waals surface area (Å²) in [4.78, 5) is 15.0. The Labute approximate surface area is 116 Å². The van der Waals surface area contributed by atoms with E-state index in [-0.39, 0.29) is 11.3 Å². The van der Waals surface area contributed by atoms with Crippen molar-refractivity contribution in [1.29, 1.82) is 0 Å². The fourth-order valence-corrected chi connectivity index (χ4v) is 2.68. The number of thioether (sulfide) groups is 1. The molecule has 1 aromatic carbocycles. The van der Waals surface area contributed by atoms with Crippen molar-refractivity contribution in [2.24, 2.45) is 0 Å². The summed E-state index contributed by atoms with van der Waals surface area (Å²) in [7, 11) is 0. The zero-order valence-electron chi connectivity index (χ0n) is 10.4. The molecule has 0 radical (unpaired) electrons.